The first-order valence-corrected chi connectivity index (χ1v) is 5.86. The molecule has 0 atom stereocenters. The molecule has 1 saturated heterocycles. The van der Waals surface area contributed by atoms with E-state index in [9.17, 15) is 10.2 Å². The maximum Gasteiger partial charge on any atom is 0.162 e. The summed E-state index contributed by atoms with van der Waals surface area (Å²) in [6.45, 7) is 1.98. The third kappa shape index (κ3) is 5.58. The third-order valence-corrected chi connectivity index (χ3v) is 2.86. The lowest BCUT2D eigenvalue weighted by Crippen LogP contribution is -2.30. The monoisotopic (exact) mass is 201 g/mol. The Morgan fingerprint density at radius 2 is 1.29 bits per heavy atom. The predicted octanol–water partition coefficient (Wildman–Crippen LogP) is 1.39. The Balaban J connectivity index is 2.24. The molecule has 0 radical (unpaired) electrons. The molecule has 3 N–H and O–H groups in total. The second kappa shape index (κ2) is 6.38. The molecular weight excluding hydrogens is 178 g/mol. The van der Waals surface area contributed by atoms with Gasteiger partial charge < -0.3 is 15.5 Å². The summed E-state index contributed by atoms with van der Waals surface area (Å²) in [7, 11) is 0. The normalized spacial score (nSPS) is 26.1. The van der Waals surface area contributed by atoms with Gasteiger partial charge in [-0.3, -0.25) is 0 Å². The summed E-state index contributed by atoms with van der Waals surface area (Å²) in [5.74, 6) is -1.42. The topological polar surface area (TPSA) is 52.5 Å². The van der Waals surface area contributed by atoms with Crippen molar-refractivity contribution >= 4 is 0 Å². The van der Waals surface area contributed by atoms with Gasteiger partial charge in [-0.15, -0.1) is 0 Å². The minimum absolute atomic E-state index is 0.500. The van der Waals surface area contributed by atoms with Crippen LogP contribution in [-0.2, 0) is 0 Å². The van der Waals surface area contributed by atoms with Crippen LogP contribution in [0.3, 0.4) is 0 Å². The molecule has 14 heavy (non-hydrogen) atoms. The van der Waals surface area contributed by atoms with Gasteiger partial charge in [-0.1, -0.05) is 19.3 Å². The van der Waals surface area contributed by atoms with Crippen LogP contribution in [0.15, 0.2) is 0 Å². The van der Waals surface area contributed by atoms with Gasteiger partial charge in [0.1, 0.15) is 0 Å². The van der Waals surface area contributed by atoms with E-state index < -0.39 is 5.79 Å². The fourth-order valence-corrected chi connectivity index (χ4v) is 1.93. The van der Waals surface area contributed by atoms with E-state index >= 15 is 0 Å². The van der Waals surface area contributed by atoms with Gasteiger partial charge in [0.15, 0.2) is 5.79 Å². The molecule has 1 heterocycles. The average Bonchev–Trinajstić information content (AvgIpc) is 2.11. The second-order valence-corrected chi connectivity index (χ2v) is 4.35. The van der Waals surface area contributed by atoms with E-state index in [1.54, 1.807) is 0 Å². The number of nitrogens with one attached hydrogen (secondary N) is 1. The van der Waals surface area contributed by atoms with Crippen LogP contribution in [0.25, 0.3) is 0 Å². The van der Waals surface area contributed by atoms with Gasteiger partial charge in [-0.05, 0) is 32.4 Å². The standard InChI is InChI=1S/C11H23NO2/c13-11(14)7-4-2-1-3-5-9-12-10-6-8-11/h12-14H,1-10H2. The summed E-state index contributed by atoms with van der Waals surface area (Å²) in [6.07, 6.45) is 7.70. The quantitative estimate of drug-likeness (QED) is 0.519. The molecule has 0 aromatic rings. The van der Waals surface area contributed by atoms with E-state index in [4.69, 9.17) is 0 Å². The van der Waals surface area contributed by atoms with Crippen molar-refractivity contribution in [1.29, 1.82) is 0 Å². The molecule has 0 bridgehead atoms. The van der Waals surface area contributed by atoms with E-state index in [1.165, 1.54) is 19.3 Å². The molecule has 0 saturated carbocycles. The Morgan fingerprint density at radius 1 is 0.714 bits per heavy atom. The minimum atomic E-state index is -1.42. The zero-order chi connectivity index (χ0) is 10.3. The maximum absolute atomic E-state index is 9.59. The van der Waals surface area contributed by atoms with Crippen LogP contribution in [0, 0.1) is 0 Å². The molecular formula is C11H23NO2. The first-order chi connectivity index (χ1) is 6.71. The van der Waals surface area contributed by atoms with Crippen molar-refractivity contribution in [2.75, 3.05) is 13.1 Å². The van der Waals surface area contributed by atoms with Crippen LogP contribution in [0.4, 0.5) is 0 Å². The summed E-state index contributed by atoms with van der Waals surface area (Å²) in [6, 6.07) is 0. The van der Waals surface area contributed by atoms with Gasteiger partial charge >= 0.3 is 0 Å². The zero-order valence-electron chi connectivity index (χ0n) is 8.97. The highest BCUT2D eigenvalue weighted by atomic mass is 16.5. The minimum Gasteiger partial charge on any atom is -0.366 e. The summed E-state index contributed by atoms with van der Waals surface area (Å²) in [4.78, 5) is 0. The molecule has 0 aromatic carbocycles. The fraction of sp³-hybridized carbons (Fsp3) is 1.00. The average molecular weight is 201 g/mol. The van der Waals surface area contributed by atoms with Crippen molar-refractivity contribution in [1.82, 2.24) is 5.32 Å². The summed E-state index contributed by atoms with van der Waals surface area (Å²) in [5.41, 5.74) is 0. The number of aliphatic hydroxyl groups is 2. The summed E-state index contributed by atoms with van der Waals surface area (Å²) in [5, 5.41) is 22.5. The summed E-state index contributed by atoms with van der Waals surface area (Å²) < 4.78 is 0. The summed E-state index contributed by atoms with van der Waals surface area (Å²) >= 11 is 0. The van der Waals surface area contributed by atoms with Crippen molar-refractivity contribution < 1.29 is 10.2 Å². The highest BCUT2D eigenvalue weighted by molar-refractivity contribution is 4.66. The second-order valence-electron chi connectivity index (χ2n) is 4.35. The lowest BCUT2D eigenvalue weighted by molar-refractivity contribution is -0.171. The Kier molecular flexibility index (Phi) is 5.45. The van der Waals surface area contributed by atoms with Crippen LogP contribution in [0.5, 0.6) is 0 Å². The van der Waals surface area contributed by atoms with E-state index in [2.05, 4.69) is 5.32 Å². The van der Waals surface area contributed by atoms with Crippen LogP contribution in [-0.4, -0.2) is 29.1 Å². The molecule has 0 aromatic heterocycles. The van der Waals surface area contributed by atoms with Crippen molar-refractivity contribution in [3.63, 3.8) is 0 Å². The molecule has 0 aliphatic carbocycles. The molecule has 0 spiro atoms. The molecule has 1 aliphatic rings. The molecule has 1 aliphatic heterocycles. The van der Waals surface area contributed by atoms with E-state index in [0.717, 1.165) is 32.4 Å². The first kappa shape index (κ1) is 12.0. The number of hydrogen-bond acceptors (Lipinski definition) is 3. The van der Waals surface area contributed by atoms with Crippen molar-refractivity contribution in [3.8, 4) is 0 Å². The highest BCUT2D eigenvalue weighted by Crippen LogP contribution is 2.18. The highest BCUT2D eigenvalue weighted by Gasteiger charge is 2.21. The lowest BCUT2D eigenvalue weighted by atomic mass is 10.0. The molecule has 1 fully saturated rings. The van der Waals surface area contributed by atoms with Gasteiger partial charge in [0, 0.05) is 12.8 Å². The zero-order valence-corrected chi connectivity index (χ0v) is 8.97. The molecule has 3 heteroatoms. The van der Waals surface area contributed by atoms with Crippen molar-refractivity contribution in [2.45, 2.75) is 57.2 Å². The van der Waals surface area contributed by atoms with Crippen LogP contribution < -0.4 is 5.32 Å². The van der Waals surface area contributed by atoms with Gasteiger partial charge in [-0.2, -0.15) is 0 Å². The maximum atomic E-state index is 9.59. The molecule has 1 rings (SSSR count). The van der Waals surface area contributed by atoms with E-state index in [-0.39, 0.29) is 0 Å². The third-order valence-electron chi connectivity index (χ3n) is 2.86. The number of rotatable bonds is 0. The van der Waals surface area contributed by atoms with E-state index in [0.29, 0.717) is 12.8 Å². The number of hydrogen-bond donors (Lipinski definition) is 3. The Morgan fingerprint density at radius 3 is 2.14 bits per heavy atom. The molecule has 3 nitrogen and oxygen atoms in total. The van der Waals surface area contributed by atoms with Crippen LogP contribution in [0.2, 0.25) is 0 Å². The first-order valence-electron chi connectivity index (χ1n) is 5.86. The van der Waals surface area contributed by atoms with Gasteiger partial charge in [0.25, 0.3) is 0 Å². The van der Waals surface area contributed by atoms with Crippen molar-refractivity contribution in [2.24, 2.45) is 0 Å². The van der Waals surface area contributed by atoms with Gasteiger partial charge in [-0.25, -0.2) is 0 Å². The molecule has 84 valence electrons. The molecule has 0 unspecified atom stereocenters. The predicted molar refractivity (Wildman–Crippen MR) is 57.0 cm³/mol. The SMILES string of the molecule is OC1(O)CCCCCCCNCCC1. The fourth-order valence-electron chi connectivity index (χ4n) is 1.93. The van der Waals surface area contributed by atoms with Crippen LogP contribution in [0.1, 0.15) is 51.4 Å². The van der Waals surface area contributed by atoms with Gasteiger partial charge in [0.2, 0.25) is 0 Å². The van der Waals surface area contributed by atoms with E-state index in [1.807, 2.05) is 0 Å². The van der Waals surface area contributed by atoms with Gasteiger partial charge in [0.05, 0.1) is 0 Å². The Hall–Kier alpha value is -0.120. The largest absolute Gasteiger partial charge is 0.366 e. The Bertz CT molecular complexity index is 134. The Labute approximate surface area is 86.5 Å². The van der Waals surface area contributed by atoms with Crippen molar-refractivity contribution in [3.05, 3.63) is 0 Å². The lowest BCUT2D eigenvalue weighted by Gasteiger charge is -2.22. The smallest absolute Gasteiger partial charge is 0.162 e. The van der Waals surface area contributed by atoms with Crippen LogP contribution >= 0.6 is 0 Å². The molecule has 0 amide bonds.